The smallest absolute Gasteiger partial charge is 0.338 e. The number of anilines is 1. The van der Waals surface area contributed by atoms with Crippen LogP contribution >= 0.6 is 0 Å². The molecule has 1 fully saturated rings. The van der Waals surface area contributed by atoms with Gasteiger partial charge in [-0.3, -0.25) is 9.59 Å². The monoisotopic (exact) mass is 393 g/mol. The van der Waals surface area contributed by atoms with E-state index in [1.165, 1.54) is 24.3 Å². The Morgan fingerprint density at radius 2 is 1.76 bits per heavy atom. The maximum atomic E-state index is 12.4. The van der Waals surface area contributed by atoms with Gasteiger partial charge in [0.25, 0.3) is 5.91 Å². The number of nitrogens with zero attached hydrogens (tertiary/aromatic N) is 1. The molecule has 148 valence electrons. The van der Waals surface area contributed by atoms with Crippen LogP contribution in [0.2, 0.25) is 0 Å². The van der Waals surface area contributed by atoms with E-state index in [1.54, 1.807) is 25.1 Å². The van der Waals surface area contributed by atoms with Crippen LogP contribution in [-0.2, 0) is 14.3 Å². The van der Waals surface area contributed by atoms with Crippen molar-refractivity contribution >= 4 is 35.6 Å². The second-order valence-electron chi connectivity index (χ2n) is 6.14. The predicted octanol–water partition coefficient (Wildman–Crippen LogP) is 2.39. The molecular weight excluding hydrogens is 374 g/mol. The number of nitrogens with one attached hydrogen (secondary N) is 2. The summed E-state index contributed by atoms with van der Waals surface area (Å²) in [5.41, 5.74) is 1.64. The van der Waals surface area contributed by atoms with E-state index in [0.29, 0.717) is 11.3 Å². The fourth-order valence-corrected chi connectivity index (χ4v) is 2.68. The van der Waals surface area contributed by atoms with Crippen molar-refractivity contribution in [2.75, 3.05) is 18.5 Å². The van der Waals surface area contributed by atoms with E-state index >= 15 is 0 Å². The molecular formula is C21H19N3O5. The molecule has 4 amide bonds. The van der Waals surface area contributed by atoms with Crippen LogP contribution < -0.4 is 10.6 Å². The lowest BCUT2D eigenvalue weighted by Crippen LogP contribution is -2.38. The summed E-state index contributed by atoms with van der Waals surface area (Å²) in [4.78, 5) is 49.2. The van der Waals surface area contributed by atoms with Crippen molar-refractivity contribution in [2.45, 2.75) is 6.92 Å². The molecule has 8 nitrogen and oxygen atoms in total. The van der Waals surface area contributed by atoms with E-state index in [4.69, 9.17) is 4.74 Å². The third-order valence-corrected chi connectivity index (χ3v) is 4.05. The second kappa shape index (κ2) is 8.83. The molecule has 2 aromatic carbocycles. The fraction of sp³-hybridized carbons (Fsp3) is 0.143. The topological polar surface area (TPSA) is 105 Å². The molecule has 1 heterocycles. The summed E-state index contributed by atoms with van der Waals surface area (Å²) in [6.07, 6.45) is 1.55. The standard InChI is InChI=1S/C21H19N3O5/c1-2-29-20(27)15-8-10-16(11-9-15)22-18(25)13-24-19(26)17(23-21(24)28)12-14-6-4-3-5-7-14/h3-12H,2,13H2,1H3,(H,22,25)(H,23,28)/b17-12-. The Bertz CT molecular complexity index is 968. The zero-order valence-corrected chi connectivity index (χ0v) is 15.7. The number of carbonyl (C=O) groups excluding carboxylic acids is 4. The number of urea groups is 1. The Morgan fingerprint density at radius 3 is 2.41 bits per heavy atom. The quantitative estimate of drug-likeness (QED) is 0.445. The van der Waals surface area contributed by atoms with Crippen LogP contribution in [0.25, 0.3) is 6.08 Å². The molecule has 1 aliphatic rings. The Hall–Kier alpha value is -3.94. The maximum Gasteiger partial charge on any atom is 0.338 e. The van der Waals surface area contributed by atoms with Gasteiger partial charge in [0, 0.05) is 5.69 Å². The summed E-state index contributed by atoms with van der Waals surface area (Å²) in [6, 6.07) is 14.5. The molecule has 2 N–H and O–H groups in total. The minimum Gasteiger partial charge on any atom is -0.462 e. The van der Waals surface area contributed by atoms with E-state index < -0.39 is 30.4 Å². The molecule has 0 radical (unpaired) electrons. The molecule has 0 spiro atoms. The van der Waals surface area contributed by atoms with E-state index in [0.717, 1.165) is 10.5 Å². The number of hydrogen-bond acceptors (Lipinski definition) is 5. The van der Waals surface area contributed by atoms with Crippen molar-refractivity contribution in [2.24, 2.45) is 0 Å². The van der Waals surface area contributed by atoms with Gasteiger partial charge in [-0.25, -0.2) is 14.5 Å². The highest BCUT2D eigenvalue weighted by molar-refractivity contribution is 6.15. The maximum absolute atomic E-state index is 12.4. The van der Waals surface area contributed by atoms with Crippen LogP contribution in [0.1, 0.15) is 22.8 Å². The zero-order valence-electron chi connectivity index (χ0n) is 15.7. The van der Waals surface area contributed by atoms with Crippen molar-refractivity contribution in [1.29, 1.82) is 0 Å². The van der Waals surface area contributed by atoms with Gasteiger partial charge >= 0.3 is 12.0 Å². The molecule has 1 saturated heterocycles. The highest BCUT2D eigenvalue weighted by Gasteiger charge is 2.34. The average Bonchev–Trinajstić information content (AvgIpc) is 2.97. The molecule has 0 aromatic heterocycles. The first-order valence-corrected chi connectivity index (χ1v) is 8.94. The van der Waals surface area contributed by atoms with E-state index in [-0.39, 0.29) is 12.3 Å². The lowest BCUT2D eigenvalue weighted by molar-refractivity contribution is -0.127. The highest BCUT2D eigenvalue weighted by Crippen LogP contribution is 2.15. The molecule has 0 atom stereocenters. The molecule has 0 saturated carbocycles. The number of benzene rings is 2. The lowest BCUT2D eigenvalue weighted by atomic mass is 10.2. The first-order chi connectivity index (χ1) is 14.0. The normalized spacial score (nSPS) is 14.7. The van der Waals surface area contributed by atoms with Gasteiger partial charge in [0.15, 0.2) is 0 Å². The minimum atomic E-state index is -0.662. The van der Waals surface area contributed by atoms with Gasteiger partial charge in [-0.15, -0.1) is 0 Å². The van der Waals surface area contributed by atoms with Crippen LogP contribution in [0.4, 0.5) is 10.5 Å². The zero-order chi connectivity index (χ0) is 20.8. The van der Waals surface area contributed by atoms with E-state index in [2.05, 4.69) is 10.6 Å². The molecule has 0 unspecified atom stereocenters. The van der Waals surface area contributed by atoms with E-state index in [9.17, 15) is 19.2 Å². The van der Waals surface area contributed by atoms with Crippen molar-refractivity contribution in [1.82, 2.24) is 10.2 Å². The van der Waals surface area contributed by atoms with Crippen molar-refractivity contribution < 1.29 is 23.9 Å². The molecule has 0 bridgehead atoms. The number of esters is 1. The third-order valence-electron chi connectivity index (χ3n) is 4.05. The molecule has 1 aliphatic heterocycles. The number of rotatable bonds is 6. The van der Waals surface area contributed by atoms with Gasteiger partial charge in [-0.05, 0) is 42.8 Å². The second-order valence-corrected chi connectivity index (χ2v) is 6.14. The first-order valence-electron chi connectivity index (χ1n) is 8.94. The Kier molecular flexibility index (Phi) is 6.03. The largest absolute Gasteiger partial charge is 0.462 e. The van der Waals surface area contributed by atoms with Crippen molar-refractivity contribution in [3.05, 3.63) is 71.4 Å². The number of imide groups is 1. The summed E-state index contributed by atoms with van der Waals surface area (Å²) in [7, 11) is 0. The number of carbonyl (C=O) groups is 4. The predicted molar refractivity (Wildman–Crippen MR) is 106 cm³/mol. The Morgan fingerprint density at radius 1 is 1.07 bits per heavy atom. The van der Waals surface area contributed by atoms with Gasteiger partial charge in [-0.2, -0.15) is 0 Å². The van der Waals surface area contributed by atoms with Gasteiger partial charge < -0.3 is 15.4 Å². The average molecular weight is 393 g/mol. The lowest BCUT2D eigenvalue weighted by Gasteiger charge is -2.12. The van der Waals surface area contributed by atoms with E-state index in [1.807, 2.05) is 18.2 Å². The van der Waals surface area contributed by atoms with Crippen LogP contribution in [0.3, 0.4) is 0 Å². The fourth-order valence-electron chi connectivity index (χ4n) is 2.68. The molecule has 0 aliphatic carbocycles. The number of hydrogen-bond donors (Lipinski definition) is 2. The van der Waals surface area contributed by atoms with Crippen LogP contribution in [0.15, 0.2) is 60.3 Å². The highest BCUT2D eigenvalue weighted by atomic mass is 16.5. The molecule has 3 rings (SSSR count). The molecule has 29 heavy (non-hydrogen) atoms. The van der Waals surface area contributed by atoms with Gasteiger partial charge in [-0.1, -0.05) is 30.3 Å². The SMILES string of the molecule is CCOC(=O)c1ccc(NC(=O)CN2C(=O)N/C(=C\c3ccccc3)C2=O)cc1. The van der Waals surface area contributed by atoms with Gasteiger partial charge in [0.2, 0.25) is 5.91 Å². The first kappa shape index (κ1) is 19.8. The van der Waals surface area contributed by atoms with Crippen LogP contribution in [-0.4, -0.2) is 41.9 Å². The van der Waals surface area contributed by atoms with Gasteiger partial charge in [0.1, 0.15) is 12.2 Å². The van der Waals surface area contributed by atoms with Crippen molar-refractivity contribution in [3.8, 4) is 0 Å². The Labute approximate surface area is 167 Å². The minimum absolute atomic E-state index is 0.104. The summed E-state index contributed by atoms with van der Waals surface area (Å²) >= 11 is 0. The molecule has 8 heteroatoms. The van der Waals surface area contributed by atoms with Crippen molar-refractivity contribution in [3.63, 3.8) is 0 Å². The summed E-state index contributed by atoms with van der Waals surface area (Å²) in [5, 5.41) is 5.06. The number of ether oxygens (including phenoxy) is 1. The number of amides is 4. The Balaban J connectivity index is 1.62. The molecule has 2 aromatic rings. The van der Waals surface area contributed by atoms with Crippen LogP contribution in [0, 0.1) is 0 Å². The summed E-state index contributed by atoms with van der Waals surface area (Å²) < 4.78 is 4.89. The summed E-state index contributed by atoms with van der Waals surface area (Å²) in [6.45, 7) is 1.54. The summed E-state index contributed by atoms with van der Waals surface area (Å²) in [5.74, 6) is -1.58. The van der Waals surface area contributed by atoms with Gasteiger partial charge in [0.05, 0.1) is 12.2 Å². The van der Waals surface area contributed by atoms with Crippen LogP contribution in [0.5, 0.6) is 0 Å². The third kappa shape index (κ3) is 4.86.